The van der Waals surface area contributed by atoms with Crippen LogP contribution in [0, 0.1) is 11.3 Å². The van der Waals surface area contributed by atoms with Crippen molar-refractivity contribution < 1.29 is 24.2 Å². The highest BCUT2D eigenvalue weighted by Gasteiger charge is 2.14. The van der Waals surface area contributed by atoms with Gasteiger partial charge in [0.05, 0.1) is 11.6 Å². The number of halogens is 1. The molecule has 0 atom stereocenters. The maximum Gasteiger partial charge on any atom is 0.341 e. The summed E-state index contributed by atoms with van der Waals surface area (Å²) in [5.41, 5.74) is 1.54. The van der Waals surface area contributed by atoms with Gasteiger partial charge in [-0.05, 0) is 51.7 Å². The lowest BCUT2D eigenvalue weighted by Gasteiger charge is -2.12. The van der Waals surface area contributed by atoms with Crippen LogP contribution in [0.25, 0.3) is 6.08 Å². The summed E-state index contributed by atoms with van der Waals surface area (Å²) in [5, 5.41) is 20.9. The molecule has 0 fully saturated rings. The maximum absolute atomic E-state index is 12.3. The molecule has 8 heteroatoms. The first-order valence-electron chi connectivity index (χ1n) is 8.60. The summed E-state index contributed by atoms with van der Waals surface area (Å²) in [6.45, 7) is -0.131. The molecule has 0 aromatic heterocycles. The van der Waals surface area contributed by atoms with Crippen LogP contribution in [-0.2, 0) is 16.0 Å². The summed E-state index contributed by atoms with van der Waals surface area (Å²) in [6, 6.07) is 14.7. The molecule has 0 radical (unpaired) electrons. The first kappa shape index (κ1) is 22.0. The lowest BCUT2D eigenvalue weighted by molar-refractivity contribution is -0.139. The Kier molecular flexibility index (Phi) is 8.25. The van der Waals surface area contributed by atoms with Gasteiger partial charge in [-0.3, -0.25) is 4.79 Å². The fourth-order valence-corrected chi connectivity index (χ4v) is 3.05. The Labute approximate surface area is 176 Å². The van der Waals surface area contributed by atoms with Crippen molar-refractivity contribution in [3.63, 3.8) is 0 Å². The molecule has 7 nitrogen and oxygen atoms in total. The molecule has 0 aliphatic carbocycles. The third-order valence-corrected chi connectivity index (χ3v) is 4.40. The van der Waals surface area contributed by atoms with Gasteiger partial charge in [-0.15, -0.1) is 0 Å². The molecule has 2 aromatic carbocycles. The molecule has 1 amide bonds. The lowest BCUT2D eigenvalue weighted by Crippen LogP contribution is -2.26. The third kappa shape index (κ3) is 6.66. The number of carbonyl (C=O) groups excluding carboxylic acids is 1. The number of aliphatic carboxylic acids is 1. The highest BCUT2D eigenvalue weighted by Crippen LogP contribution is 2.37. The van der Waals surface area contributed by atoms with Crippen LogP contribution < -0.4 is 14.8 Å². The zero-order valence-corrected chi connectivity index (χ0v) is 17.2. The highest BCUT2D eigenvalue weighted by atomic mass is 79.9. The zero-order valence-electron chi connectivity index (χ0n) is 15.6. The fourth-order valence-electron chi connectivity index (χ4n) is 2.47. The normalized spacial score (nSPS) is 10.7. The molecular weight excluding hydrogens is 440 g/mol. The van der Waals surface area contributed by atoms with Crippen LogP contribution >= 0.6 is 15.9 Å². The Bertz CT molecular complexity index is 952. The summed E-state index contributed by atoms with van der Waals surface area (Å²) in [5.74, 6) is -1.11. The summed E-state index contributed by atoms with van der Waals surface area (Å²) in [6.07, 6.45) is 2.08. The van der Waals surface area contributed by atoms with Crippen molar-refractivity contribution in [2.45, 2.75) is 6.42 Å². The minimum Gasteiger partial charge on any atom is -0.493 e. The molecule has 0 spiro atoms. The van der Waals surface area contributed by atoms with E-state index in [0.29, 0.717) is 23.0 Å². The van der Waals surface area contributed by atoms with E-state index in [1.165, 1.54) is 13.2 Å². The van der Waals surface area contributed by atoms with E-state index >= 15 is 0 Å². The average Bonchev–Trinajstić information content (AvgIpc) is 2.71. The minimum absolute atomic E-state index is 0.0637. The molecule has 2 aromatic rings. The van der Waals surface area contributed by atoms with Crippen LogP contribution in [0.5, 0.6) is 11.5 Å². The van der Waals surface area contributed by atoms with Crippen molar-refractivity contribution in [1.29, 1.82) is 5.26 Å². The molecule has 150 valence electrons. The summed E-state index contributed by atoms with van der Waals surface area (Å²) in [4.78, 5) is 23.0. The van der Waals surface area contributed by atoms with Crippen LogP contribution in [0.1, 0.15) is 11.1 Å². The SMILES string of the molecule is COc1cc(/C=C(\C#N)C(=O)NCCc2ccccc2)cc(Br)c1OCC(=O)O. The number of ether oxygens (including phenoxy) is 2. The predicted molar refractivity (Wildman–Crippen MR) is 111 cm³/mol. The number of amides is 1. The topological polar surface area (TPSA) is 109 Å². The molecular formula is C21H19BrN2O5. The average molecular weight is 459 g/mol. The van der Waals surface area contributed by atoms with Gasteiger partial charge in [-0.25, -0.2) is 4.79 Å². The minimum atomic E-state index is -1.12. The number of carbonyl (C=O) groups is 2. The fraction of sp³-hybridized carbons (Fsp3) is 0.190. The monoisotopic (exact) mass is 458 g/mol. The number of nitrogens with one attached hydrogen (secondary N) is 1. The van der Waals surface area contributed by atoms with Gasteiger partial charge in [0.15, 0.2) is 18.1 Å². The second-order valence-corrected chi connectivity index (χ2v) is 6.73. The van der Waals surface area contributed by atoms with Crippen molar-refractivity contribution in [3.8, 4) is 17.6 Å². The number of carboxylic acid groups (broad SMARTS) is 1. The first-order valence-corrected chi connectivity index (χ1v) is 9.40. The molecule has 0 bridgehead atoms. The van der Waals surface area contributed by atoms with Crippen LogP contribution in [0.2, 0.25) is 0 Å². The second kappa shape index (κ2) is 10.9. The Morgan fingerprint density at radius 3 is 2.62 bits per heavy atom. The number of rotatable bonds is 9. The number of nitrogens with zero attached hydrogens (tertiary/aromatic N) is 1. The Morgan fingerprint density at radius 2 is 2.00 bits per heavy atom. The van der Waals surface area contributed by atoms with Crippen LogP contribution in [0.15, 0.2) is 52.5 Å². The van der Waals surface area contributed by atoms with Gasteiger partial charge in [0.2, 0.25) is 0 Å². The molecule has 29 heavy (non-hydrogen) atoms. The Hall–Kier alpha value is -3.31. The molecule has 2 rings (SSSR count). The van der Waals surface area contributed by atoms with E-state index in [1.807, 2.05) is 36.4 Å². The van der Waals surface area contributed by atoms with Crippen molar-refractivity contribution >= 4 is 33.9 Å². The Balaban J connectivity index is 2.12. The van der Waals surface area contributed by atoms with Gasteiger partial charge in [0.25, 0.3) is 5.91 Å². The summed E-state index contributed by atoms with van der Waals surface area (Å²) in [7, 11) is 1.41. The van der Waals surface area contributed by atoms with Crippen molar-refractivity contribution in [2.24, 2.45) is 0 Å². The quantitative estimate of drug-likeness (QED) is 0.441. The predicted octanol–water partition coefficient (Wildman–Crippen LogP) is 3.19. The van der Waals surface area contributed by atoms with E-state index in [9.17, 15) is 14.9 Å². The third-order valence-electron chi connectivity index (χ3n) is 3.81. The Morgan fingerprint density at radius 1 is 1.28 bits per heavy atom. The highest BCUT2D eigenvalue weighted by molar-refractivity contribution is 9.10. The first-order chi connectivity index (χ1) is 13.9. The number of carboxylic acids is 1. The molecule has 2 N–H and O–H groups in total. The number of methoxy groups -OCH3 is 1. The van der Waals surface area contributed by atoms with Gasteiger partial charge in [0, 0.05) is 6.54 Å². The zero-order chi connectivity index (χ0) is 21.2. The van der Waals surface area contributed by atoms with Crippen LogP contribution in [0.3, 0.4) is 0 Å². The standard InChI is InChI=1S/C21H19BrN2O5/c1-28-18-11-15(10-17(22)20(18)29-13-19(25)26)9-16(12-23)21(27)24-8-7-14-5-3-2-4-6-14/h2-6,9-11H,7-8,13H2,1H3,(H,24,27)(H,25,26)/b16-9+. The van der Waals surface area contributed by atoms with Crippen LogP contribution in [0.4, 0.5) is 0 Å². The molecule has 0 saturated carbocycles. The molecule has 0 heterocycles. The van der Waals surface area contributed by atoms with Gasteiger partial charge < -0.3 is 19.9 Å². The lowest BCUT2D eigenvalue weighted by atomic mass is 10.1. The summed E-state index contributed by atoms with van der Waals surface area (Å²) >= 11 is 3.29. The van der Waals surface area contributed by atoms with E-state index in [-0.39, 0.29) is 17.1 Å². The van der Waals surface area contributed by atoms with Gasteiger partial charge in [-0.2, -0.15) is 5.26 Å². The smallest absolute Gasteiger partial charge is 0.341 e. The summed E-state index contributed by atoms with van der Waals surface area (Å²) < 4.78 is 10.9. The van der Waals surface area contributed by atoms with Gasteiger partial charge >= 0.3 is 5.97 Å². The van der Waals surface area contributed by atoms with Crippen molar-refractivity contribution in [1.82, 2.24) is 5.32 Å². The van der Waals surface area contributed by atoms with Crippen LogP contribution in [-0.4, -0.2) is 37.2 Å². The number of nitriles is 1. The van der Waals surface area contributed by atoms with E-state index < -0.39 is 18.5 Å². The van der Waals surface area contributed by atoms with Crippen molar-refractivity contribution in [2.75, 3.05) is 20.3 Å². The molecule has 0 unspecified atom stereocenters. The maximum atomic E-state index is 12.3. The number of hydrogen-bond acceptors (Lipinski definition) is 5. The van der Waals surface area contributed by atoms with Crippen molar-refractivity contribution in [3.05, 3.63) is 63.6 Å². The van der Waals surface area contributed by atoms with E-state index in [1.54, 1.807) is 12.1 Å². The number of hydrogen-bond donors (Lipinski definition) is 2. The molecule has 0 aliphatic rings. The molecule has 0 saturated heterocycles. The van der Waals surface area contributed by atoms with Gasteiger partial charge in [0.1, 0.15) is 11.6 Å². The largest absolute Gasteiger partial charge is 0.493 e. The second-order valence-electron chi connectivity index (χ2n) is 5.88. The van der Waals surface area contributed by atoms with E-state index in [0.717, 1.165) is 5.56 Å². The van der Waals surface area contributed by atoms with E-state index in [4.69, 9.17) is 14.6 Å². The van der Waals surface area contributed by atoms with E-state index in [2.05, 4.69) is 21.2 Å². The van der Waals surface area contributed by atoms with Gasteiger partial charge in [-0.1, -0.05) is 30.3 Å². The number of benzene rings is 2. The molecule has 0 aliphatic heterocycles.